The minimum atomic E-state index is -0.963. The second kappa shape index (κ2) is 35.9. The molecule has 0 spiro atoms. The number of hydrogen-bond donors (Lipinski definition) is 3. The van der Waals surface area contributed by atoms with Crippen LogP contribution in [0.3, 0.4) is 0 Å². The summed E-state index contributed by atoms with van der Waals surface area (Å²) in [5.74, 6) is -0.527. The molecule has 0 saturated heterocycles. The van der Waals surface area contributed by atoms with Crippen LogP contribution in [0.1, 0.15) is 214 Å². The smallest absolute Gasteiger partial charge is 0.407 e. The van der Waals surface area contributed by atoms with E-state index in [2.05, 4.69) is 36.6 Å². The van der Waals surface area contributed by atoms with Crippen molar-refractivity contribution in [1.82, 2.24) is 15.5 Å². The molecular formula is C44H86N4O4. The Morgan fingerprint density at radius 1 is 0.577 bits per heavy atom. The Hall–Kier alpha value is -2.09. The first-order chi connectivity index (χ1) is 25.1. The second-order valence-corrected chi connectivity index (χ2v) is 16.1. The number of carbonyl (C=O) groups is 3. The molecule has 8 nitrogen and oxygen atoms in total. The van der Waals surface area contributed by atoms with Gasteiger partial charge in [-0.25, -0.2) is 4.79 Å². The lowest BCUT2D eigenvalue weighted by molar-refractivity contribution is -0.133. The van der Waals surface area contributed by atoms with Crippen LogP contribution >= 0.6 is 0 Å². The first kappa shape index (κ1) is 49.9. The number of alkyl carbamates (subject to hydrolysis) is 1. The zero-order chi connectivity index (χ0) is 38.5. The number of rotatable bonds is 36. The van der Waals surface area contributed by atoms with Gasteiger partial charge in [-0.1, -0.05) is 167 Å². The Morgan fingerprint density at radius 3 is 1.33 bits per heavy atom. The summed E-state index contributed by atoms with van der Waals surface area (Å²) in [4.78, 5) is 39.7. The number of hydrogen-bond acceptors (Lipinski definition) is 5. The van der Waals surface area contributed by atoms with Crippen molar-refractivity contribution in [3.63, 3.8) is 0 Å². The average molecular weight is 735 g/mol. The Morgan fingerprint density at radius 2 is 0.942 bits per heavy atom. The quantitative estimate of drug-likeness (QED) is 0.0438. The summed E-state index contributed by atoms with van der Waals surface area (Å²) >= 11 is 0. The van der Waals surface area contributed by atoms with Crippen LogP contribution in [0.25, 0.3) is 0 Å². The van der Waals surface area contributed by atoms with Gasteiger partial charge >= 0.3 is 6.09 Å². The Labute approximate surface area is 322 Å². The first-order valence-electron chi connectivity index (χ1n) is 22.0. The van der Waals surface area contributed by atoms with Gasteiger partial charge in [-0.3, -0.25) is 9.59 Å². The lowest BCUT2D eigenvalue weighted by Crippen LogP contribution is -2.51. The van der Waals surface area contributed by atoms with Gasteiger partial charge in [0.05, 0.1) is 6.54 Å². The summed E-state index contributed by atoms with van der Waals surface area (Å²) in [6.45, 7) is 11.2. The van der Waals surface area contributed by atoms with Crippen molar-refractivity contribution < 1.29 is 19.1 Å². The van der Waals surface area contributed by atoms with Gasteiger partial charge in [0.2, 0.25) is 11.8 Å². The molecule has 0 aliphatic heterocycles. The number of ether oxygens (including phenoxy) is 1. The number of amides is 3. The molecule has 1 atom stereocenters. The van der Waals surface area contributed by atoms with Gasteiger partial charge in [0.25, 0.3) is 0 Å². The number of nitrogens with zero attached hydrogens (tertiary/aromatic N) is 1. The zero-order valence-electron chi connectivity index (χ0n) is 35.0. The highest BCUT2D eigenvalue weighted by atomic mass is 16.6. The maximum absolute atomic E-state index is 13.2. The minimum Gasteiger partial charge on any atom is -0.444 e. The van der Waals surface area contributed by atoms with Crippen molar-refractivity contribution in [2.24, 2.45) is 5.73 Å². The summed E-state index contributed by atoms with van der Waals surface area (Å²) in [5, 5.41) is 5.22. The Kier molecular flexibility index (Phi) is 34.5. The van der Waals surface area contributed by atoms with Gasteiger partial charge in [-0.15, -0.1) is 0 Å². The van der Waals surface area contributed by atoms with Crippen LogP contribution in [0.2, 0.25) is 0 Å². The molecule has 0 aliphatic carbocycles. The van der Waals surface area contributed by atoms with E-state index in [9.17, 15) is 14.4 Å². The Balaban J connectivity index is 4.41. The van der Waals surface area contributed by atoms with E-state index in [1.54, 1.807) is 20.8 Å². The molecule has 3 amide bonds. The highest BCUT2D eigenvalue weighted by Gasteiger charge is 2.20. The average Bonchev–Trinajstić information content (AvgIpc) is 3.10. The zero-order valence-corrected chi connectivity index (χ0v) is 35.0. The van der Waals surface area contributed by atoms with E-state index in [-0.39, 0.29) is 19.0 Å². The van der Waals surface area contributed by atoms with Crippen LogP contribution in [0.15, 0.2) is 12.2 Å². The third kappa shape index (κ3) is 35.0. The largest absolute Gasteiger partial charge is 0.444 e. The monoisotopic (exact) mass is 735 g/mol. The normalized spacial score (nSPS) is 12.3. The van der Waals surface area contributed by atoms with Gasteiger partial charge in [0.1, 0.15) is 11.6 Å². The van der Waals surface area contributed by atoms with Gasteiger partial charge in [0, 0.05) is 19.6 Å². The van der Waals surface area contributed by atoms with E-state index in [1.165, 1.54) is 154 Å². The highest BCUT2D eigenvalue weighted by molar-refractivity contribution is 5.87. The van der Waals surface area contributed by atoms with Gasteiger partial charge in [0.15, 0.2) is 0 Å². The molecule has 0 fully saturated rings. The van der Waals surface area contributed by atoms with Gasteiger partial charge in [-0.05, 0) is 59.3 Å². The van der Waals surface area contributed by atoms with Crippen LogP contribution in [0.4, 0.5) is 4.79 Å². The van der Waals surface area contributed by atoms with E-state index in [0.717, 1.165) is 38.8 Å². The van der Waals surface area contributed by atoms with Crippen molar-refractivity contribution >= 4 is 17.9 Å². The molecule has 8 heteroatoms. The molecule has 0 aromatic heterocycles. The van der Waals surface area contributed by atoms with E-state index in [4.69, 9.17) is 10.5 Å². The summed E-state index contributed by atoms with van der Waals surface area (Å²) in [6.07, 6.45) is 40.0. The molecule has 4 N–H and O–H groups in total. The molecule has 0 rings (SSSR count). The van der Waals surface area contributed by atoms with Gasteiger partial charge in [-0.2, -0.15) is 0 Å². The van der Waals surface area contributed by atoms with Crippen LogP contribution in [-0.4, -0.2) is 60.6 Å². The predicted octanol–water partition coefficient (Wildman–Crippen LogP) is 11.3. The highest BCUT2D eigenvalue weighted by Crippen LogP contribution is 2.14. The fourth-order valence-corrected chi connectivity index (χ4v) is 6.41. The summed E-state index contributed by atoms with van der Waals surface area (Å²) in [6, 6.07) is -0.963. The molecule has 52 heavy (non-hydrogen) atoms. The number of carbonyl (C=O) groups excluding carboxylic acids is 3. The maximum Gasteiger partial charge on any atom is 0.407 e. The molecule has 0 saturated carbocycles. The molecule has 0 bridgehead atoms. The number of nitrogens with one attached hydrogen (secondary N) is 2. The molecule has 0 radical (unpaired) electrons. The summed E-state index contributed by atoms with van der Waals surface area (Å²) < 4.78 is 5.21. The predicted molar refractivity (Wildman–Crippen MR) is 222 cm³/mol. The molecule has 0 aliphatic rings. The lowest BCUT2D eigenvalue weighted by atomic mass is 10.0. The van der Waals surface area contributed by atoms with E-state index in [1.807, 2.05) is 4.90 Å². The topological polar surface area (TPSA) is 114 Å². The van der Waals surface area contributed by atoms with Crippen molar-refractivity contribution in [2.45, 2.75) is 226 Å². The summed E-state index contributed by atoms with van der Waals surface area (Å²) in [5.41, 5.74) is 5.34. The number of nitrogens with two attached hydrogens (primary N) is 1. The van der Waals surface area contributed by atoms with Crippen molar-refractivity contribution in [2.75, 3.05) is 26.2 Å². The minimum absolute atomic E-state index is 0.0623. The number of allylic oxidation sites excluding steroid dienone is 2. The van der Waals surface area contributed by atoms with E-state index >= 15 is 0 Å². The Bertz CT molecular complexity index is 873. The third-order valence-electron chi connectivity index (χ3n) is 9.69. The SMILES string of the molecule is CCCCCCCC/C=C\CCCCCCCCN(CCCCCCCCCCCCCCCC)C(=O)CNC(=O)C(N)CNC(=O)OC(C)(C)C. The molecule has 0 aromatic carbocycles. The van der Waals surface area contributed by atoms with E-state index < -0.39 is 23.6 Å². The molecule has 306 valence electrons. The lowest BCUT2D eigenvalue weighted by Gasteiger charge is -2.24. The molecule has 0 heterocycles. The molecule has 1 unspecified atom stereocenters. The molecule has 0 aromatic rings. The van der Waals surface area contributed by atoms with Crippen LogP contribution in [0.5, 0.6) is 0 Å². The first-order valence-corrected chi connectivity index (χ1v) is 22.0. The second-order valence-electron chi connectivity index (χ2n) is 16.1. The van der Waals surface area contributed by atoms with Crippen LogP contribution < -0.4 is 16.4 Å². The van der Waals surface area contributed by atoms with Gasteiger partial charge < -0.3 is 26.0 Å². The maximum atomic E-state index is 13.2. The fourth-order valence-electron chi connectivity index (χ4n) is 6.41. The molecular weight excluding hydrogens is 649 g/mol. The third-order valence-corrected chi connectivity index (χ3v) is 9.69. The van der Waals surface area contributed by atoms with E-state index in [0.29, 0.717) is 0 Å². The summed E-state index contributed by atoms with van der Waals surface area (Å²) in [7, 11) is 0. The van der Waals surface area contributed by atoms with Crippen molar-refractivity contribution in [3.05, 3.63) is 12.2 Å². The number of unbranched alkanes of at least 4 members (excludes halogenated alkanes) is 25. The fraction of sp³-hybridized carbons (Fsp3) is 0.886. The van der Waals surface area contributed by atoms with Crippen LogP contribution in [0, 0.1) is 0 Å². The van der Waals surface area contributed by atoms with Crippen LogP contribution in [-0.2, 0) is 14.3 Å². The standard InChI is InChI=1S/C44H86N4O4/c1-6-8-10-12-14-16-18-20-22-23-25-27-29-31-33-35-37-48(36-34-32-30-28-26-24-21-19-17-15-13-11-9-7-2)41(49)39-46-42(50)40(45)38-47-43(51)52-44(3,4)5/h20,22,40H,6-19,21,23-39,45H2,1-5H3,(H,46,50)(H,47,51)/b22-20-. The van der Waals surface area contributed by atoms with Crippen molar-refractivity contribution in [3.8, 4) is 0 Å². The van der Waals surface area contributed by atoms with Crippen molar-refractivity contribution in [1.29, 1.82) is 0 Å².